The third-order valence-electron chi connectivity index (χ3n) is 4.27. The Balaban J connectivity index is 2.09. The fourth-order valence-electron chi connectivity index (χ4n) is 2.75. The lowest BCUT2D eigenvalue weighted by atomic mass is 9.95. The van der Waals surface area contributed by atoms with Crippen LogP contribution in [-0.2, 0) is 17.3 Å². The molecule has 0 radical (unpaired) electrons. The fourth-order valence-corrected chi connectivity index (χ4v) is 2.75. The molecule has 0 spiro atoms. The number of hydrogen-bond acceptors (Lipinski definition) is 3. The molecule has 0 saturated carbocycles. The van der Waals surface area contributed by atoms with Crippen LogP contribution in [0.2, 0.25) is 0 Å². The van der Waals surface area contributed by atoms with Crippen molar-refractivity contribution in [3.63, 3.8) is 0 Å². The molecule has 0 aliphatic rings. The van der Waals surface area contributed by atoms with E-state index in [4.69, 9.17) is 4.74 Å². The van der Waals surface area contributed by atoms with E-state index in [1.165, 1.54) is 12.1 Å². The van der Waals surface area contributed by atoms with Gasteiger partial charge in [0.2, 0.25) is 0 Å². The van der Waals surface area contributed by atoms with Gasteiger partial charge in [-0.25, -0.2) is 4.79 Å². The van der Waals surface area contributed by atoms with Gasteiger partial charge in [-0.3, -0.25) is 0 Å². The Morgan fingerprint density at radius 2 is 1.86 bits per heavy atom. The largest absolute Gasteiger partial charge is 0.449 e. The SMILES string of the molecule is CCCCNC(=O)OCCc1ccc(C(O)c2ccccc2)cc1C(F)(F)F. The molecule has 4 nitrogen and oxygen atoms in total. The highest BCUT2D eigenvalue weighted by Crippen LogP contribution is 2.35. The molecule has 1 unspecified atom stereocenters. The number of carbonyl (C=O) groups excluding carboxylic acids is 1. The number of ether oxygens (including phenoxy) is 1. The molecule has 2 aromatic rings. The summed E-state index contributed by atoms with van der Waals surface area (Å²) in [7, 11) is 0. The maximum Gasteiger partial charge on any atom is 0.416 e. The molecule has 0 fully saturated rings. The van der Waals surface area contributed by atoms with Gasteiger partial charge in [-0.05, 0) is 29.2 Å². The molecule has 28 heavy (non-hydrogen) atoms. The fraction of sp³-hybridized carbons (Fsp3) is 0.381. The topological polar surface area (TPSA) is 58.6 Å². The molecule has 2 aromatic carbocycles. The lowest BCUT2D eigenvalue weighted by molar-refractivity contribution is -0.138. The van der Waals surface area contributed by atoms with Gasteiger partial charge in [-0.15, -0.1) is 0 Å². The maximum absolute atomic E-state index is 13.5. The van der Waals surface area contributed by atoms with Crippen LogP contribution in [0.3, 0.4) is 0 Å². The van der Waals surface area contributed by atoms with E-state index in [0.29, 0.717) is 12.1 Å². The van der Waals surface area contributed by atoms with Gasteiger partial charge >= 0.3 is 12.3 Å². The van der Waals surface area contributed by atoms with E-state index in [2.05, 4.69) is 5.32 Å². The molecular formula is C21H24F3NO3. The quantitative estimate of drug-likeness (QED) is 0.628. The summed E-state index contributed by atoms with van der Waals surface area (Å²) in [6, 6.07) is 12.2. The number of rotatable bonds is 8. The van der Waals surface area contributed by atoms with Gasteiger partial charge < -0.3 is 15.2 Å². The van der Waals surface area contributed by atoms with E-state index in [1.54, 1.807) is 30.3 Å². The molecule has 1 amide bonds. The van der Waals surface area contributed by atoms with Gasteiger partial charge in [0.1, 0.15) is 6.10 Å². The van der Waals surface area contributed by atoms with Crippen LogP contribution in [0.15, 0.2) is 48.5 Å². The molecule has 2 N–H and O–H groups in total. The van der Waals surface area contributed by atoms with Crippen molar-refractivity contribution in [2.24, 2.45) is 0 Å². The van der Waals surface area contributed by atoms with Crippen LogP contribution in [0.25, 0.3) is 0 Å². The minimum atomic E-state index is -4.58. The lowest BCUT2D eigenvalue weighted by Gasteiger charge is -2.17. The summed E-state index contributed by atoms with van der Waals surface area (Å²) in [4.78, 5) is 11.5. The molecule has 1 atom stereocenters. The van der Waals surface area contributed by atoms with Crippen molar-refractivity contribution in [3.8, 4) is 0 Å². The second-order valence-corrected chi connectivity index (χ2v) is 6.39. The number of unbranched alkanes of at least 4 members (excludes halogenated alkanes) is 1. The highest BCUT2D eigenvalue weighted by molar-refractivity contribution is 5.67. The first kappa shape index (κ1) is 21.8. The zero-order valence-electron chi connectivity index (χ0n) is 15.6. The van der Waals surface area contributed by atoms with Crippen LogP contribution in [0.5, 0.6) is 0 Å². The number of amides is 1. The third kappa shape index (κ3) is 6.27. The number of carbonyl (C=O) groups is 1. The van der Waals surface area contributed by atoms with Gasteiger partial charge in [-0.2, -0.15) is 13.2 Å². The van der Waals surface area contributed by atoms with Crippen molar-refractivity contribution in [1.82, 2.24) is 5.32 Å². The average Bonchev–Trinajstić information content (AvgIpc) is 2.67. The molecule has 152 valence electrons. The van der Waals surface area contributed by atoms with Crippen molar-refractivity contribution in [2.45, 2.75) is 38.5 Å². The number of aliphatic hydroxyl groups excluding tert-OH is 1. The van der Waals surface area contributed by atoms with Crippen LogP contribution < -0.4 is 5.32 Å². The van der Waals surface area contributed by atoms with Crippen LogP contribution in [0.4, 0.5) is 18.0 Å². The van der Waals surface area contributed by atoms with Crippen molar-refractivity contribution in [1.29, 1.82) is 0 Å². The molecule has 0 heterocycles. The summed E-state index contributed by atoms with van der Waals surface area (Å²) < 4.78 is 45.4. The Kier molecular flexibility index (Phi) is 7.87. The van der Waals surface area contributed by atoms with Crippen molar-refractivity contribution in [3.05, 3.63) is 70.8 Å². The first-order chi connectivity index (χ1) is 13.3. The summed E-state index contributed by atoms with van der Waals surface area (Å²) in [6.45, 7) is 2.28. The van der Waals surface area contributed by atoms with Gasteiger partial charge in [0.05, 0.1) is 12.2 Å². The second-order valence-electron chi connectivity index (χ2n) is 6.39. The maximum atomic E-state index is 13.5. The molecule has 0 aromatic heterocycles. The Bertz CT molecular complexity index is 763. The van der Waals surface area contributed by atoms with Gasteiger partial charge in [0.15, 0.2) is 0 Å². The number of alkyl halides is 3. The monoisotopic (exact) mass is 395 g/mol. The Morgan fingerprint density at radius 3 is 2.50 bits per heavy atom. The molecule has 2 rings (SSSR count). The van der Waals surface area contributed by atoms with Crippen LogP contribution >= 0.6 is 0 Å². The van der Waals surface area contributed by atoms with E-state index in [-0.39, 0.29) is 24.2 Å². The van der Waals surface area contributed by atoms with E-state index in [9.17, 15) is 23.1 Å². The molecule has 0 aliphatic heterocycles. The molecule has 0 saturated heterocycles. The minimum Gasteiger partial charge on any atom is -0.449 e. The summed E-state index contributed by atoms with van der Waals surface area (Å²) in [5.41, 5.74) is -0.163. The van der Waals surface area contributed by atoms with Crippen LogP contribution in [0, 0.1) is 0 Å². The van der Waals surface area contributed by atoms with E-state index in [0.717, 1.165) is 18.9 Å². The summed E-state index contributed by atoms with van der Waals surface area (Å²) in [5.74, 6) is 0. The van der Waals surface area contributed by atoms with Crippen molar-refractivity contribution >= 4 is 6.09 Å². The summed E-state index contributed by atoms with van der Waals surface area (Å²) in [6.07, 6.45) is -4.73. The van der Waals surface area contributed by atoms with Crippen LogP contribution in [-0.4, -0.2) is 24.4 Å². The Hall–Kier alpha value is -2.54. The number of nitrogens with one attached hydrogen (secondary N) is 1. The normalized spacial score (nSPS) is 12.5. The van der Waals surface area contributed by atoms with Gasteiger partial charge in [-0.1, -0.05) is 55.8 Å². The molecular weight excluding hydrogens is 371 g/mol. The Labute approximate surface area is 162 Å². The predicted molar refractivity (Wildman–Crippen MR) is 99.9 cm³/mol. The zero-order valence-corrected chi connectivity index (χ0v) is 15.6. The minimum absolute atomic E-state index is 0.0119. The zero-order chi connectivity index (χ0) is 20.6. The first-order valence-electron chi connectivity index (χ1n) is 9.16. The van der Waals surface area contributed by atoms with E-state index in [1.807, 2.05) is 6.92 Å². The summed E-state index contributed by atoms with van der Waals surface area (Å²) >= 11 is 0. The van der Waals surface area contributed by atoms with Gasteiger partial charge in [0.25, 0.3) is 0 Å². The standard InChI is InChI=1S/C21H24F3NO3/c1-2-3-12-25-20(27)28-13-11-15-9-10-17(14-18(15)21(22,23)24)19(26)16-7-5-4-6-8-16/h4-10,14,19,26H,2-3,11-13H2,1H3,(H,25,27). The molecule has 0 bridgehead atoms. The molecule has 7 heteroatoms. The predicted octanol–water partition coefficient (Wildman–Crippen LogP) is 4.86. The lowest BCUT2D eigenvalue weighted by Crippen LogP contribution is -2.26. The number of aliphatic hydroxyl groups is 1. The number of hydrogen-bond donors (Lipinski definition) is 2. The van der Waals surface area contributed by atoms with Gasteiger partial charge in [0, 0.05) is 13.0 Å². The Morgan fingerprint density at radius 1 is 1.14 bits per heavy atom. The van der Waals surface area contributed by atoms with Crippen molar-refractivity contribution in [2.75, 3.05) is 13.2 Å². The number of alkyl carbamates (subject to hydrolysis) is 1. The number of benzene rings is 2. The summed E-state index contributed by atoms with van der Waals surface area (Å²) in [5, 5.41) is 12.9. The van der Waals surface area contributed by atoms with Crippen molar-refractivity contribution < 1.29 is 27.8 Å². The van der Waals surface area contributed by atoms with Crippen LogP contribution in [0.1, 0.15) is 48.1 Å². The first-order valence-corrected chi connectivity index (χ1v) is 9.16. The number of halogens is 3. The highest BCUT2D eigenvalue weighted by atomic mass is 19.4. The van der Waals surface area contributed by atoms with E-state index >= 15 is 0 Å². The molecule has 0 aliphatic carbocycles. The average molecular weight is 395 g/mol. The highest BCUT2D eigenvalue weighted by Gasteiger charge is 2.34. The smallest absolute Gasteiger partial charge is 0.416 e. The third-order valence-corrected chi connectivity index (χ3v) is 4.27. The second kappa shape index (κ2) is 10.1. The van der Waals surface area contributed by atoms with E-state index < -0.39 is 23.9 Å².